The number of nitrogens with one attached hydrogen (secondary N) is 1. The van der Waals surface area contributed by atoms with Crippen molar-refractivity contribution in [3.05, 3.63) is 23.5 Å². The van der Waals surface area contributed by atoms with E-state index < -0.39 is 0 Å². The van der Waals surface area contributed by atoms with Crippen molar-refractivity contribution in [2.75, 3.05) is 19.0 Å². The Kier molecular flexibility index (Phi) is 6.45. The van der Waals surface area contributed by atoms with Gasteiger partial charge in [-0.15, -0.1) is 11.3 Å². The lowest BCUT2D eigenvalue weighted by molar-refractivity contribution is -0.114. The summed E-state index contributed by atoms with van der Waals surface area (Å²) in [4.78, 5) is 27.3. The van der Waals surface area contributed by atoms with Gasteiger partial charge in [-0.3, -0.25) is 9.69 Å². The highest BCUT2D eigenvalue weighted by molar-refractivity contribution is 7.15. The number of anilines is 1. The van der Waals surface area contributed by atoms with E-state index in [-0.39, 0.29) is 24.2 Å². The second-order valence-corrected chi connectivity index (χ2v) is 8.95. The third-order valence-corrected chi connectivity index (χ3v) is 6.34. The molecule has 2 aromatic rings. The first kappa shape index (κ1) is 21.0. The molecule has 4 rings (SSSR count). The SMILES string of the molecule is COC1CC(Oc2cc(O[C@@H]3C[C@H](C)N(Cc4cnc(NC(C)=O)s4)C3)ncn2)C1. The highest BCUT2D eigenvalue weighted by Gasteiger charge is 2.32. The fraction of sp³-hybridized carbons (Fsp3) is 0.600. The minimum atomic E-state index is -0.108. The zero-order valence-corrected chi connectivity index (χ0v) is 18.2. The van der Waals surface area contributed by atoms with Crippen molar-refractivity contribution < 1.29 is 19.0 Å². The van der Waals surface area contributed by atoms with Crippen molar-refractivity contribution in [3.63, 3.8) is 0 Å². The number of hydrogen-bond donors (Lipinski definition) is 1. The van der Waals surface area contributed by atoms with Gasteiger partial charge in [0.05, 0.1) is 12.2 Å². The highest BCUT2D eigenvalue weighted by Crippen LogP contribution is 2.29. The van der Waals surface area contributed by atoms with Gasteiger partial charge in [-0.2, -0.15) is 0 Å². The maximum atomic E-state index is 11.2. The first-order chi connectivity index (χ1) is 14.5. The number of aromatic nitrogens is 3. The van der Waals surface area contributed by atoms with Gasteiger partial charge in [0, 0.05) is 63.5 Å². The molecule has 1 aliphatic heterocycles. The molecule has 10 heteroatoms. The topological polar surface area (TPSA) is 98.7 Å². The predicted octanol–water partition coefficient (Wildman–Crippen LogP) is 2.49. The molecule has 1 saturated carbocycles. The van der Waals surface area contributed by atoms with Crippen molar-refractivity contribution in [3.8, 4) is 11.8 Å². The first-order valence-electron chi connectivity index (χ1n) is 10.1. The number of carbonyl (C=O) groups is 1. The van der Waals surface area contributed by atoms with E-state index in [2.05, 4.69) is 32.1 Å². The molecule has 9 nitrogen and oxygen atoms in total. The zero-order chi connectivity index (χ0) is 21.1. The molecular formula is C20H27N5O4S. The summed E-state index contributed by atoms with van der Waals surface area (Å²) in [5, 5.41) is 3.36. The van der Waals surface area contributed by atoms with Crippen molar-refractivity contribution in [2.45, 2.75) is 64.0 Å². The van der Waals surface area contributed by atoms with Crippen molar-refractivity contribution >= 4 is 22.4 Å². The van der Waals surface area contributed by atoms with Crippen molar-refractivity contribution in [2.24, 2.45) is 0 Å². The average Bonchev–Trinajstić information content (AvgIpc) is 3.24. The van der Waals surface area contributed by atoms with Gasteiger partial charge >= 0.3 is 0 Å². The van der Waals surface area contributed by atoms with E-state index in [1.807, 2.05) is 6.20 Å². The van der Waals surface area contributed by atoms with Crippen LogP contribution in [0.4, 0.5) is 5.13 Å². The molecule has 1 aliphatic carbocycles. The highest BCUT2D eigenvalue weighted by atomic mass is 32.1. The normalized spacial score (nSPS) is 26.2. The number of likely N-dealkylation sites (tertiary alicyclic amines) is 1. The maximum Gasteiger partial charge on any atom is 0.223 e. The van der Waals surface area contributed by atoms with Gasteiger partial charge in [-0.05, 0) is 6.92 Å². The molecular weight excluding hydrogens is 406 g/mol. The third-order valence-electron chi connectivity index (χ3n) is 5.44. The van der Waals surface area contributed by atoms with E-state index in [4.69, 9.17) is 14.2 Å². The van der Waals surface area contributed by atoms with Crippen LogP contribution in [0.25, 0.3) is 0 Å². The van der Waals surface area contributed by atoms with Crippen LogP contribution in [0.2, 0.25) is 0 Å². The van der Waals surface area contributed by atoms with Crippen LogP contribution in [0.3, 0.4) is 0 Å². The monoisotopic (exact) mass is 433 g/mol. The summed E-state index contributed by atoms with van der Waals surface area (Å²) in [5.41, 5.74) is 0. The largest absolute Gasteiger partial charge is 0.474 e. The van der Waals surface area contributed by atoms with Gasteiger partial charge < -0.3 is 19.5 Å². The van der Waals surface area contributed by atoms with E-state index in [1.54, 1.807) is 13.2 Å². The fourth-order valence-corrected chi connectivity index (χ4v) is 4.62. The lowest BCUT2D eigenvalue weighted by Crippen LogP contribution is -2.39. The molecule has 0 unspecified atom stereocenters. The average molecular weight is 434 g/mol. The maximum absolute atomic E-state index is 11.2. The molecule has 0 radical (unpaired) electrons. The van der Waals surface area contributed by atoms with Gasteiger partial charge in [0.15, 0.2) is 5.13 Å². The minimum Gasteiger partial charge on any atom is -0.474 e. The molecule has 0 aromatic carbocycles. The predicted molar refractivity (Wildman–Crippen MR) is 112 cm³/mol. The van der Waals surface area contributed by atoms with Gasteiger partial charge in [0.1, 0.15) is 18.5 Å². The van der Waals surface area contributed by atoms with Crippen molar-refractivity contribution in [1.29, 1.82) is 0 Å². The number of hydrogen-bond acceptors (Lipinski definition) is 9. The van der Waals surface area contributed by atoms with E-state index in [1.165, 1.54) is 24.6 Å². The van der Waals surface area contributed by atoms with Crippen LogP contribution in [0.5, 0.6) is 11.8 Å². The van der Waals surface area contributed by atoms with Crippen LogP contribution in [0.15, 0.2) is 18.6 Å². The number of methoxy groups -OCH3 is 1. The quantitative estimate of drug-likeness (QED) is 0.678. The molecule has 2 fully saturated rings. The van der Waals surface area contributed by atoms with Gasteiger partial charge in [0.25, 0.3) is 0 Å². The van der Waals surface area contributed by atoms with E-state index in [0.29, 0.717) is 22.9 Å². The Hall–Kier alpha value is -2.30. The summed E-state index contributed by atoms with van der Waals surface area (Å²) in [5.74, 6) is 0.966. The lowest BCUT2D eigenvalue weighted by atomic mass is 9.92. The Morgan fingerprint density at radius 3 is 2.60 bits per heavy atom. The van der Waals surface area contributed by atoms with E-state index in [0.717, 1.165) is 37.2 Å². The summed E-state index contributed by atoms with van der Waals surface area (Å²) in [6.45, 7) is 5.25. The van der Waals surface area contributed by atoms with E-state index >= 15 is 0 Å². The Balaban J connectivity index is 1.29. The molecule has 2 aliphatic rings. The zero-order valence-electron chi connectivity index (χ0n) is 17.4. The van der Waals surface area contributed by atoms with Crippen LogP contribution in [0.1, 0.15) is 38.0 Å². The number of thiazole rings is 1. The molecule has 3 heterocycles. The number of amides is 1. The summed E-state index contributed by atoms with van der Waals surface area (Å²) in [7, 11) is 1.72. The Morgan fingerprint density at radius 2 is 1.90 bits per heavy atom. The molecule has 1 saturated heterocycles. The van der Waals surface area contributed by atoms with Gasteiger partial charge in [-0.1, -0.05) is 0 Å². The summed E-state index contributed by atoms with van der Waals surface area (Å²) >= 11 is 1.50. The summed E-state index contributed by atoms with van der Waals surface area (Å²) in [6, 6.07) is 2.14. The van der Waals surface area contributed by atoms with E-state index in [9.17, 15) is 4.79 Å². The smallest absolute Gasteiger partial charge is 0.223 e. The molecule has 2 atom stereocenters. The molecule has 1 N–H and O–H groups in total. The molecule has 2 aromatic heterocycles. The third kappa shape index (κ3) is 5.24. The summed E-state index contributed by atoms with van der Waals surface area (Å²) in [6.07, 6.45) is 6.45. The number of carbonyl (C=O) groups excluding carboxylic acids is 1. The van der Waals surface area contributed by atoms with Crippen LogP contribution in [-0.2, 0) is 16.1 Å². The Morgan fingerprint density at radius 1 is 1.17 bits per heavy atom. The standard InChI is InChI=1S/C20H27N5O4S/c1-12-4-16(9-25(12)10-17-8-21-20(30-17)24-13(2)26)29-19-7-18(22-11-23-19)28-15-5-14(6-15)27-3/h7-8,11-12,14-16H,4-6,9-10H2,1-3H3,(H,21,24,26)/t12-,14?,15?,16+/m0/s1. The first-order valence-corrected chi connectivity index (χ1v) is 10.9. The Bertz CT molecular complexity index is 872. The van der Waals surface area contributed by atoms with Crippen LogP contribution < -0.4 is 14.8 Å². The fourth-order valence-electron chi connectivity index (χ4n) is 3.74. The molecule has 30 heavy (non-hydrogen) atoms. The number of nitrogens with zero attached hydrogens (tertiary/aromatic N) is 4. The van der Waals surface area contributed by atoms with Crippen LogP contribution in [-0.4, -0.2) is 63.8 Å². The van der Waals surface area contributed by atoms with Crippen LogP contribution in [0, 0.1) is 0 Å². The Labute approximate surface area is 179 Å². The van der Waals surface area contributed by atoms with Gasteiger partial charge in [-0.25, -0.2) is 15.0 Å². The van der Waals surface area contributed by atoms with Crippen LogP contribution >= 0.6 is 11.3 Å². The molecule has 162 valence electrons. The lowest BCUT2D eigenvalue weighted by Gasteiger charge is -2.33. The number of ether oxygens (including phenoxy) is 3. The second-order valence-electron chi connectivity index (χ2n) is 7.83. The van der Waals surface area contributed by atoms with Crippen molar-refractivity contribution in [1.82, 2.24) is 19.9 Å². The molecule has 0 spiro atoms. The second kappa shape index (κ2) is 9.23. The summed E-state index contributed by atoms with van der Waals surface area (Å²) < 4.78 is 17.3. The minimum absolute atomic E-state index is 0.0482. The molecule has 1 amide bonds. The molecule has 0 bridgehead atoms. The van der Waals surface area contributed by atoms with Gasteiger partial charge in [0.2, 0.25) is 17.7 Å². The number of rotatable bonds is 8.